The molecule has 3 rings (SSSR count). The van der Waals surface area contributed by atoms with Crippen molar-refractivity contribution in [1.29, 1.82) is 0 Å². The van der Waals surface area contributed by atoms with Gasteiger partial charge in [-0.3, -0.25) is 9.59 Å². The lowest BCUT2D eigenvalue weighted by Gasteiger charge is -2.20. The Morgan fingerprint density at radius 3 is 2.46 bits per heavy atom. The molecule has 1 saturated heterocycles. The lowest BCUT2D eigenvalue weighted by molar-refractivity contribution is -0.121. The Kier molecular flexibility index (Phi) is 5.93. The first-order valence-electron chi connectivity index (χ1n) is 9.15. The molecule has 2 heterocycles. The minimum absolute atomic E-state index is 0.0287. The fourth-order valence-corrected chi connectivity index (χ4v) is 4.99. The molecule has 0 unspecified atom stereocenters. The number of hydrogen-bond donors (Lipinski definition) is 1. The third-order valence-corrected chi connectivity index (χ3v) is 6.66. The Morgan fingerprint density at radius 2 is 1.77 bits per heavy atom. The van der Waals surface area contributed by atoms with Crippen molar-refractivity contribution in [2.45, 2.75) is 37.0 Å². The number of amides is 2. The predicted molar refractivity (Wildman–Crippen MR) is 97.2 cm³/mol. The maximum absolute atomic E-state index is 12.4. The van der Waals surface area contributed by atoms with E-state index in [0.29, 0.717) is 10.8 Å². The van der Waals surface area contributed by atoms with Gasteiger partial charge >= 0.3 is 0 Å². The van der Waals surface area contributed by atoms with Crippen molar-refractivity contribution >= 4 is 21.8 Å². The first kappa shape index (κ1) is 18.8. The number of sulfonamides is 1. The summed E-state index contributed by atoms with van der Waals surface area (Å²) in [6.45, 7) is 3.13. The molecule has 0 aliphatic carbocycles. The minimum Gasteiger partial charge on any atom is -0.354 e. The average molecular weight is 379 g/mol. The van der Waals surface area contributed by atoms with Crippen molar-refractivity contribution < 1.29 is 18.0 Å². The lowest BCUT2D eigenvalue weighted by atomic mass is 10.2. The topological polar surface area (TPSA) is 86.8 Å². The molecule has 0 bridgehead atoms. The van der Waals surface area contributed by atoms with Crippen molar-refractivity contribution in [3.05, 3.63) is 29.8 Å². The zero-order chi connectivity index (χ0) is 18.6. The van der Waals surface area contributed by atoms with E-state index in [1.807, 2.05) is 0 Å². The van der Waals surface area contributed by atoms with Crippen LogP contribution in [0.4, 0.5) is 0 Å². The maximum Gasteiger partial charge on any atom is 0.269 e. The summed E-state index contributed by atoms with van der Waals surface area (Å²) in [5, 5.41) is 2.73. The van der Waals surface area contributed by atoms with E-state index < -0.39 is 28.4 Å². The van der Waals surface area contributed by atoms with Crippen LogP contribution in [0.3, 0.4) is 0 Å². The third-order valence-electron chi connectivity index (χ3n) is 4.87. The molecule has 0 spiro atoms. The fourth-order valence-electron chi connectivity index (χ4n) is 3.46. The molecule has 2 amide bonds. The number of rotatable bonds is 6. The van der Waals surface area contributed by atoms with E-state index in [1.165, 1.54) is 37.8 Å². The Labute approximate surface area is 154 Å². The highest BCUT2D eigenvalue weighted by molar-refractivity contribution is 7.90. The Morgan fingerprint density at radius 1 is 1.08 bits per heavy atom. The second-order valence-corrected chi connectivity index (χ2v) is 8.60. The van der Waals surface area contributed by atoms with Crippen molar-refractivity contribution in [1.82, 2.24) is 14.5 Å². The monoisotopic (exact) mass is 379 g/mol. The van der Waals surface area contributed by atoms with E-state index in [9.17, 15) is 18.0 Å². The Balaban J connectivity index is 1.47. The SMILES string of the molecule is O=C(CN1C(=O)c2ccccc2S1(=O)=O)NCCCN1CCCCCC1. The molecular formula is C18H25N3O4S. The highest BCUT2D eigenvalue weighted by Crippen LogP contribution is 2.29. The lowest BCUT2D eigenvalue weighted by Crippen LogP contribution is -2.41. The summed E-state index contributed by atoms with van der Waals surface area (Å²) in [5.74, 6) is -1.09. The van der Waals surface area contributed by atoms with Crippen molar-refractivity contribution in [3.63, 3.8) is 0 Å². The van der Waals surface area contributed by atoms with Gasteiger partial charge in [-0.1, -0.05) is 25.0 Å². The van der Waals surface area contributed by atoms with E-state index in [-0.39, 0.29) is 10.5 Å². The molecule has 1 aromatic carbocycles. The van der Waals surface area contributed by atoms with E-state index in [1.54, 1.807) is 12.1 Å². The molecule has 0 atom stereocenters. The molecule has 2 aliphatic rings. The van der Waals surface area contributed by atoms with Crippen LogP contribution in [0.1, 0.15) is 42.5 Å². The normalized spacial score (nSPS) is 19.8. The molecule has 0 radical (unpaired) electrons. The smallest absolute Gasteiger partial charge is 0.269 e. The van der Waals surface area contributed by atoms with Gasteiger partial charge in [0, 0.05) is 6.54 Å². The largest absolute Gasteiger partial charge is 0.354 e. The van der Waals surface area contributed by atoms with Crippen LogP contribution in [-0.2, 0) is 14.8 Å². The number of nitrogens with one attached hydrogen (secondary N) is 1. The number of hydrogen-bond acceptors (Lipinski definition) is 5. The van der Waals surface area contributed by atoms with Crippen molar-refractivity contribution in [2.75, 3.05) is 32.7 Å². The Hall–Kier alpha value is -1.93. The van der Waals surface area contributed by atoms with Crippen LogP contribution in [0.2, 0.25) is 0 Å². The Bertz CT molecular complexity index is 770. The average Bonchev–Trinajstić information content (AvgIpc) is 2.83. The summed E-state index contributed by atoms with van der Waals surface area (Å²) in [6, 6.07) is 6.03. The minimum atomic E-state index is -3.93. The van der Waals surface area contributed by atoms with E-state index in [2.05, 4.69) is 10.2 Å². The first-order chi connectivity index (χ1) is 12.5. The summed E-state index contributed by atoms with van der Waals surface area (Å²) in [6.07, 6.45) is 5.83. The molecule has 8 heteroatoms. The standard InChI is InChI=1S/C18H25N3O4S/c22-17(19-10-7-13-20-11-5-1-2-6-12-20)14-21-18(23)15-8-3-4-9-16(15)26(21,24)25/h3-4,8-9H,1-2,5-7,10-14H2,(H,19,22). The molecular weight excluding hydrogens is 354 g/mol. The first-order valence-corrected chi connectivity index (χ1v) is 10.6. The predicted octanol–water partition coefficient (Wildman–Crippen LogP) is 1.21. The number of benzene rings is 1. The van der Waals surface area contributed by atoms with Crippen LogP contribution in [0.15, 0.2) is 29.2 Å². The highest BCUT2D eigenvalue weighted by Gasteiger charge is 2.41. The van der Waals surface area contributed by atoms with E-state index in [0.717, 1.165) is 26.1 Å². The van der Waals surface area contributed by atoms with E-state index >= 15 is 0 Å². The summed E-state index contributed by atoms with van der Waals surface area (Å²) in [7, 11) is -3.93. The number of carbonyl (C=O) groups excluding carboxylic acids is 2. The van der Waals surface area contributed by atoms with Crippen LogP contribution >= 0.6 is 0 Å². The molecule has 0 saturated carbocycles. The molecule has 142 valence electrons. The summed E-state index contributed by atoms with van der Waals surface area (Å²) < 4.78 is 25.5. The van der Waals surface area contributed by atoms with Gasteiger partial charge in [0.2, 0.25) is 5.91 Å². The van der Waals surface area contributed by atoms with Crippen molar-refractivity contribution in [3.8, 4) is 0 Å². The van der Waals surface area contributed by atoms with Crippen LogP contribution in [0.5, 0.6) is 0 Å². The van der Waals surface area contributed by atoms with E-state index in [4.69, 9.17) is 0 Å². The number of fused-ring (bicyclic) bond motifs is 1. The zero-order valence-electron chi connectivity index (χ0n) is 14.8. The van der Waals surface area contributed by atoms with Crippen LogP contribution in [0, 0.1) is 0 Å². The summed E-state index contributed by atoms with van der Waals surface area (Å²) >= 11 is 0. The third kappa shape index (κ3) is 4.07. The van der Waals surface area contributed by atoms with Crippen molar-refractivity contribution in [2.24, 2.45) is 0 Å². The van der Waals surface area contributed by atoms with Gasteiger partial charge in [-0.05, 0) is 51.0 Å². The molecule has 1 fully saturated rings. The van der Waals surface area contributed by atoms with Gasteiger partial charge in [0.1, 0.15) is 11.4 Å². The molecule has 1 aromatic rings. The van der Waals surface area contributed by atoms with Crippen LogP contribution in [-0.4, -0.2) is 62.2 Å². The van der Waals surface area contributed by atoms with Gasteiger partial charge in [0.05, 0.1) is 5.56 Å². The highest BCUT2D eigenvalue weighted by atomic mass is 32.2. The molecule has 0 aromatic heterocycles. The van der Waals surface area contributed by atoms with Gasteiger partial charge < -0.3 is 10.2 Å². The quantitative estimate of drug-likeness (QED) is 0.751. The second-order valence-electron chi connectivity index (χ2n) is 6.77. The van der Waals surface area contributed by atoms with Gasteiger partial charge in [0.15, 0.2) is 0 Å². The number of likely N-dealkylation sites (tertiary alicyclic amines) is 1. The molecule has 1 N–H and O–H groups in total. The number of nitrogens with zero attached hydrogens (tertiary/aromatic N) is 2. The van der Waals surface area contributed by atoms with Gasteiger partial charge in [-0.15, -0.1) is 0 Å². The van der Waals surface area contributed by atoms with Crippen LogP contribution in [0.25, 0.3) is 0 Å². The molecule has 2 aliphatic heterocycles. The zero-order valence-corrected chi connectivity index (χ0v) is 15.6. The fraction of sp³-hybridized carbons (Fsp3) is 0.556. The number of carbonyl (C=O) groups is 2. The van der Waals surface area contributed by atoms with Gasteiger partial charge in [-0.25, -0.2) is 12.7 Å². The second kappa shape index (κ2) is 8.18. The van der Waals surface area contributed by atoms with Gasteiger partial charge in [-0.2, -0.15) is 0 Å². The molecule has 26 heavy (non-hydrogen) atoms. The molecule has 7 nitrogen and oxygen atoms in total. The summed E-state index contributed by atoms with van der Waals surface area (Å²) in [5.41, 5.74) is 0.126. The van der Waals surface area contributed by atoms with Gasteiger partial charge in [0.25, 0.3) is 15.9 Å². The summed E-state index contributed by atoms with van der Waals surface area (Å²) in [4.78, 5) is 26.8. The van der Waals surface area contributed by atoms with Crippen LogP contribution < -0.4 is 5.32 Å². The maximum atomic E-state index is 12.4.